The van der Waals surface area contributed by atoms with Crippen LogP contribution < -0.4 is 0 Å². The number of Topliss-reactive ketones (excluding diaryl/α,β-unsaturated/α-hetero) is 1. The number of carbonyl (C=O) groups excluding carboxylic acids is 2. The average Bonchev–Trinajstić information content (AvgIpc) is 1.65. The molecule has 0 aliphatic rings. The van der Waals surface area contributed by atoms with E-state index in [1.165, 1.54) is 6.92 Å². The molecule has 0 amide bonds. The molecule has 2 nitrogen and oxygen atoms in total. The molecule has 44 valence electrons. The van der Waals surface area contributed by atoms with E-state index >= 15 is 0 Å². The highest BCUT2D eigenvalue weighted by molar-refractivity contribution is 7.81. The van der Waals surface area contributed by atoms with Gasteiger partial charge in [-0.2, -0.15) is 0 Å². The van der Waals surface area contributed by atoms with Crippen LogP contribution in [0.25, 0.3) is 0 Å². The Kier molecular flexibility index (Phi) is 3.19. The lowest BCUT2D eigenvalue weighted by Gasteiger charge is -1.84. The Morgan fingerprint density at radius 3 is 2.38 bits per heavy atom. The number of carbonyl (C=O) groups is 2. The fraction of sp³-hybridized carbons (Fsp3) is 0.400. The first-order valence-electron chi connectivity index (χ1n) is 2.14. The number of hydrogen-bond acceptors (Lipinski definition) is 3. The lowest BCUT2D eigenvalue weighted by atomic mass is 10.2. The standard InChI is InChI=1S/C5H6O2S/c1-4(7)2-5(8)3-6/h3H,2H2,1H3. The molecule has 8 heavy (non-hydrogen) atoms. The summed E-state index contributed by atoms with van der Waals surface area (Å²) in [5, 5.41) is 0. The molecule has 0 fully saturated rings. The molecule has 0 heterocycles. The molecule has 0 aromatic carbocycles. The normalized spacial score (nSPS) is 8.12. The molecule has 0 spiro atoms. The summed E-state index contributed by atoms with van der Waals surface area (Å²) in [6.45, 7) is 1.40. The van der Waals surface area contributed by atoms with Gasteiger partial charge in [0.15, 0.2) is 6.29 Å². The van der Waals surface area contributed by atoms with Crippen LogP contribution in [0.5, 0.6) is 0 Å². The van der Waals surface area contributed by atoms with Crippen LogP contribution in [0.1, 0.15) is 13.3 Å². The zero-order valence-electron chi connectivity index (χ0n) is 4.51. The van der Waals surface area contributed by atoms with E-state index in [4.69, 9.17) is 0 Å². The quantitative estimate of drug-likeness (QED) is 0.413. The molecule has 0 aliphatic carbocycles. The topological polar surface area (TPSA) is 34.1 Å². The molecule has 0 aliphatic heterocycles. The minimum Gasteiger partial charge on any atom is -0.300 e. The van der Waals surface area contributed by atoms with E-state index in [1.807, 2.05) is 0 Å². The Morgan fingerprint density at radius 1 is 1.75 bits per heavy atom. The van der Waals surface area contributed by atoms with Gasteiger partial charge in [0.2, 0.25) is 0 Å². The van der Waals surface area contributed by atoms with Gasteiger partial charge in [0.05, 0.1) is 4.86 Å². The van der Waals surface area contributed by atoms with Gasteiger partial charge in [-0.25, -0.2) is 0 Å². The molecule has 0 saturated heterocycles. The monoisotopic (exact) mass is 130 g/mol. The lowest BCUT2D eigenvalue weighted by Crippen LogP contribution is -2.01. The number of rotatable bonds is 3. The molecule has 0 bridgehead atoms. The number of ketones is 1. The number of thiocarbonyl (C=S) groups is 1. The molecular weight excluding hydrogens is 124 g/mol. The molecule has 0 rings (SSSR count). The SMILES string of the molecule is CC(=O)CC(=S)C=O. The summed E-state index contributed by atoms with van der Waals surface area (Å²) in [6, 6.07) is 0. The Balaban J connectivity index is 3.55. The molecule has 0 atom stereocenters. The fourth-order valence-corrected chi connectivity index (χ4v) is 0.490. The van der Waals surface area contributed by atoms with Gasteiger partial charge in [0, 0.05) is 6.42 Å². The molecule has 0 N–H and O–H groups in total. The molecule has 0 aromatic rings. The van der Waals surface area contributed by atoms with Gasteiger partial charge < -0.3 is 0 Å². The van der Waals surface area contributed by atoms with Crippen molar-refractivity contribution in [2.45, 2.75) is 13.3 Å². The largest absolute Gasteiger partial charge is 0.300 e. The maximum Gasteiger partial charge on any atom is 0.157 e. The fourth-order valence-electron chi connectivity index (χ4n) is 0.287. The van der Waals surface area contributed by atoms with Crippen LogP contribution in [0.2, 0.25) is 0 Å². The lowest BCUT2D eigenvalue weighted by molar-refractivity contribution is -0.116. The predicted molar refractivity (Wildman–Crippen MR) is 34.0 cm³/mol. The maximum atomic E-state index is 10.2. The smallest absolute Gasteiger partial charge is 0.157 e. The first-order valence-corrected chi connectivity index (χ1v) is 2.55. The highest BCUT2D eigenvalue weighted by Gasteiger charge is 1.96. The van der Waals surface area contributed by atoms with Gasteiger partial charge >= 0.3 is 0 Å². The molecule has 3 heteroatoms. The second kappa shape index (κ2) is 3.43. The van der Waals surface area contributed by atoms with Crippen LogP contribution in [-0.4, -0.2) is 16.9 Å². The first-order chi connectivity index (χ1) is 3.66. The molecule has 0 saturated carbocycles. The van der Waals surface area contributed by atoms with E-state index in [-0.39, 0.29) is 17.1 Å². The Morgan fingerprint density at radius 2 is 2.25 bits per heavy atom. The third-order valence-electron chi connectivity index (χ3n) is 0.555. The number of hydrogen-bond donors (Lipinski definition) is 0. The third kappa shape index (κ3) is 3.61. The van der Waals surface area contributed by atoms with Crippen molar-refractivity contribution in [2.24, 2.45) is 0 Å². The van der Waals surface area contributed by atoms with Crippen molar-refractivity contribution >= 4 is 29.2 Å². The number of aldehydes is 1. The minimum atomic E-state index is -0.0675. The Bertz CT molecular complexity index is 128. The van der Waals surface area contributed by atoms with Crippen LogP contribution in [0.15, 0.2) is 0 Å². The van der Waals surface area contributed by atoms with Crippen molar-refractivity contribution in [3.8, 4) is 0 Å². The van der Waals surface area contributed by atoms with E-state index < -0.39 is 0 Å². The predicted octanol–water partition coefficient (Wildman–Crippen LogP) is 0.534. The van der Waals surface area contributed by atoms with Crippen molar-refractivity contribution in [3.05, 3.63) is 0 Å². The van der Waals surface area contributed by atoms with E-state index in [0.29, 0.717) is 6.29 Å². The van der Waals surface area contributed by atoms with E-state index in [0.717, 1.165) is 0 Å². The van der Waals surface area contributed by atoms with Gasteiger partial charge in [0.25, 0.3) is 0 Å². The van der Waals surface area contributed by atoms with Crippen LogP contribution in [-0.2, 0) is 9.59 Å². The summed E-state index contributed by atoms with van der Waals surface area (Å²) in [7, 11) is 0. The van der Waals surface area contributed by atoms with Gasteiger partial charge in [-0.05, 0) is 6.92 Å². The zero-order chi connectivity index (χ0) is 6.57. The van der Waals surface area contributed by atoms with Gasteiger partial charge in [-0.15, -0.1) is 0 Å². The van der Waals surface area contributed by atoms with Crippen molar-refractivity contribution in [2.75, 3.05) is 0 Å². The summed E-state index contributed by atoms with van der Waals surface area (Å²) < 4.78 is 0. The van der Waals surface area contributed by atoms with Crippen LogP contribution >= 0.6 is 12.2 Å². The second-order valence-electron chi connectivity index (χ2n) is 1.46. The van der Waals surface area contributed by atoms with E-state index in [1.54, 1.807) is 0 Å². The summed E-state index contributed by atoms with van der Waals surface area (Å²) in [4.78, 5) is 20.1. The second-order valence-corrected chi connectivity index (χ2v) is 1.99. The summed E-state index contributed by atoms with van der Waals surface area (Å²) in [6.07, 6.45) is 0.634. The first kappa shape index (κ1) is 7.43. The Labute approximate surface area is 52.9 Å². The van der Waals surface area contributed by atoms with Gasteiger partial charge in [-0.1, -0.05) is 12.2 Å². The summed E-state index contributed by atoms with van der Waals surface area (Å²) in [5.41, 5.74) is 0. The van der Waals surface area contributed by atoms with Gasteiger partial charge in [-0.3, -0.25) is 9.59 Å². The minimum absolute atomic E-state index is 0.0675. The summed E-state index contributed by atoms with van der Waals surface area (Å²) >= 11 is 4.44. The van der Waals surface area contributed by atoms with E-state index in [9.17, 15) is 9.59 Å². The van der Waals surface area contributed by atoms with Crippen molar-refractivity contribution in [3.63, 3.8) is 0 Å². The van der Waals surface area contributed by atoms with Crippen molar-refractivity contribution in [1.82, 2.24) is 0 Å². The van der Waals surface area contributed by atoms with Crippen LogP contribution in [0.4, 0.5) is 0 Å². The molecule has 0 radical (unpaired) electrons. The highest BCUT2D eigenvalue weighted by atomic mass is 32.1. The maximum absolute atomic E-state index is 10.2. The zero-order valence-corrected chi connectivity index (χ0v) is 5.33. The van der Waals surface area contributed by atoms with Gasteiger partial charge in [0.1, 0.15) is 5.78 Å². The van der Waals surface area contributed by atoms with Crippen LogP contribution in [0, 0.1) is 0 Å². The van der Waals surface area contributed by atoms with Crippen molar-refractivity contribution < 1.29 is 9.59 Å². The highest BCUT2D eigenvalue weighted by Crippen LogP contribution is 1.83. The van der Waals surface area contributed by atoms with Crippen LogP contribution in [0.3, 0.4) is 0 Å². The van der Waals surface area contributed by atoms with Crippen molar-refractivity contribution in [1.29, 1.82) is 0 Å². The third-order valence-corrected chi connectivity index (χ3v) is 0.795. The Hall–Kier alpha value is -0.570. The molecule has 0 aromatic heterocycles. The average molecular weight is 130 g/mol. The molecule has 0 unspecified atom stereocenters. The summed E-state index contributed by atoms with van der Waals surface area (Å²) in [5.74, 6) is -0.0675. The van der Waals surface area contributed by atoms with E-state index in [2.05, 4.69) is 12.2 Å². The molecular formula is C5H6O2S.